The van der Waals surface area contributed by atoms with Crippen LogP contribution in [0.15, 0.2) is 48.5 Å². The van der Waals surface area contributed by atoms with Gasteiger partial charge in [0.25, 0.3) is 5.91 Å². The molecule has 5 rings (SSSR count). The lowest BCUT2D eigenvalue weighted by atomic mass is 9.90. The summed E-state index contributed by atoms with van der Waals surface area (Å²) in [7, 11) is 0. The van der Waals surface area contributed by atoms with Gasteiger partial charge in [-0.1, -0.05) is 36.4 Å². The monoisotopic (exact) mass is 414 g/mol. The minimum Gasteiger partial charge on any atom is -0.449 e. The minimum absolute atomic E-state index is 0.0422. The number of esters is 1. The van der Waals surface area contributed by atoms with Crippen molar-refractivity contribution in [3.8, 4) is 0 Å². The van der Waals surface area contributed by atoms with Crippen LogP contribution in [0.1, 0.15) is 53.9 Å². The fraction of sp³-hybridized carbons (Fsp3) is 0.346. The third-order valence-corrected chi connectivity index (χ3v) is 6.45. The van der Waals surface area contributed by atoms with Gasteiger partial charge in [0.15, 0.2) is 6.10 Å². The summed E-state index contributed by atoms with van der Waals surface area (Å²) in [6.07, 6.45) is 3.74. The Morgan fingerprint density at radius 1 is 1.06 bits per heavy atom. The molecule has 0 N–H and O–H groups in total. The Balaban J connectivity index is 1.46. The molecule has 2 aliphatic rings. The molecule has 1 amide bonds. The summed E-state index contributed by atoms with van der Waals surface area (Å²) in [6, 6.07) is 15.6. The molecule has 0 saturated carbocycles. The number of hydrogen-bond acceptors (Lipinski definition) is 4. The van der Waals surface area contributed by atoms with E-state index in [0.29, 0.717) is 5.56 Å². The second-order valence-corrected chi connectivity index (χ2v) is 8.57. The number of benzene rings is 2. The van der Waals surface area contributed by atoms with Crippen molar-refractivity contribution in [1.82, 2.24) is 4.98 Å². The van der Waals surface area contributed by atoms with Crippen molar-refractivity contribution in [3.63, 3.8) is 0 Å². The summed E-state index contributed by atoms with van der Waals surface area (Å²) in [5.41, 5.74) is 5.41. The number of aromatic nitrogens is 1. The van der Waals surface area contributed by atoms with Crippen LogP contribution in [0, 0.1) is 0 Å². The van der Waals surface area contributed by atoms with Crippen LogP contribution in [-0.2, 0) is 28.8 Å². The number of ether oxygens (including phenoxy) is 1. The van der Waals surface area contributed by atoms with Gasteiger partial charge in [-0.15, -0.1) is 0 Å². The number of para-hydroxylation sites is 2. The average Bonchev–Trinajstić information content (AvgIpc) is 3.12. The van der Waals surface area contributed by atoms with Crippen molar-refractivity contribution in [1.29, 1.82) is 0 Å². The Bertz CT molecular complexity index is 1190. The first kappa shape index (κ1) is 19.7. The van der Waals surface area contributed by atoms with Crippen LogP contribution in [0.3, 0.4) is 0 Å². The largest absolute Gasteiger partial charge is 0.449 e. The molecule has 0 radical (unpaired) electrons. The quantitative estimate of drug-likeness (QED) is 0.586. The first-order valence-corrected chi connectivity index (χ1v) is 11.1. The molecule has 1 aliphatic heterocycles. The predicted octanol–water partition coefficient (Wildman–Crippen LogP) is 4.64. The lowest BCUT2D eigenvalue weighted by molar-refractivity contribution is -0.126. The number of pyridine rings is 1. The lowest BCUT2D eigenvalue weighted by Crippen LogP contribution is -2.43. The van der Waals surface area contributed by atoms with Gasteiger partial charge in [-0.2, -0.15) is 0 Å². The van der Waals surface area contributed by atoms with Gasteiger partial charge in [0, 0.05) is 22.8 Å². The maximum atomic E-state index is 13.4. The highest BCUT2D eigenvalue weighted by molar-refractivity contribution is 6.07. The van der Waals surface area contributed by atoms with Crippen LogP contribution < -0.4 is 4.90 Å². The summed E-state index contributed by atoms with van der Waals surface area (Å²) in [6.45, 7) is 3.70. The van der Waals surface area contributed by atoms with Crippen LogP contribution in [0.4, 0.5) is 5.69 Å². The Morgan fingerprint density at radius 2 is 1.81 bits per heavy atom. The Labute approximate surface area is 182 Å². The highest BCUT2D eigenvalue weighted by atomic mass is 16.5. The SMILES string of the molecule is C[C@@H]1Cc2ccccc2N1C(=O)[C@@H](C)OC(=O)c1c2c(nc3ccccc13)CCCC2. The number of nitrogens with zero attached hydrogens (tertiary/aromatic N) is 2. The summed E-state index contributed by atoms with van der Waals surface area (Å²) < 4.78 is 5.79. The molecule has 2 atom stereocenters. The fourth-order valence-corrected chi connectivity index (χ4v) is 4.97. The highest BCUT2D eigenvalue weighted by Crippen LogP contribution is 2.33. The molecule has 2 heterocycles. The number of rotatable bonds is 3. The molecule has 0 unspecified atom stereocenters. The number of fused-ring (bicyclic) bond motifs is 3. The highest BCUT2D eigenvalue weighted by Gasteiger charge is 2.35. The standard InChI is InChI=1S/C26H26N2O3/c1-16-15-18-9-3-8-14-23(18)28(16)25(29)17(2)31-26(30)24-19-10-4-6-12-21(19)27-22-13-7-5-11-20(22)24/h3-4,6,8-10,12,14,16-17H,5,7,11,13,15H2,1-2H3/t16-,17-/m1/s1. The molecule has 5 nitrogen and oxygen atoms in total. The third kappa shape index (κ3) is 3.38. The van der Waals surface area contributed by atoms with Crippen molar-refractivity contribution in [3.05, 3.63) is 70.9 Å². The van der Waals surface area contributed by atoms with E-state index in [1.165, 1.54) is 0 Å². The van der Waals surface area contributed by atoms with Crippen molar-refractivity contribution < 1.29 is 14.3 Å². The van der Waals surface area contributed by atoms with E-state index in [2.05, 4.69) is 0 Å². The lowest BCUT2D eigenvalue weighted by Gasteiger charge is -2.26. The van der Waals surface area contributed by atoms with E-state index in [1.54, 1.807) is 11.8 Å². The van der Waals surface area contributed by atoms with Crippen LogP contribution >= 0.6 is 0 Å². The first-order chi connectivity index (χ1) is 15.0. The van der Waals surface area contributed by atoms with Gasteiger partial charge < -0.3 is 9.64 Å². The molecule has 3 aromatic rings. The van der Waals surface area contributed by atoms with Crippen LogP contribution in [0.2, 0.25) is 0 Å². The third-order valence-electron chi connectivity index (χ3n) is 6.45. The number of anilines is 1. The zero-order chi connectivity index (χ0) is 21.5. The second-order valence-electron chi connectivity index (χ2n) is 8.57. The molecular formula is C26H26N2O3. The zero-order valence-electron chi connectivity index (χ0n) is 17.9. The van der Waals surface area contributed by atoms with Gasteiger partial charge in [0.05, 0.1) is 11.1 Å². The molecule has 2 aromatic carbocycles. The molecule has 0 fully saturated rings. The second kappa shape index (κ2) is 7.80. The van der Waals surface area contributed by atoms with E-state index >= 15 is 0 Å². The normalized spacial score (nSPS) is 18.4. The molecule has 0 saturated heterocycles. The van der Waals surface area contributed by atoms with Crippen molar-refractivity contribution >= 4 is 28.5 Å². The molecule has 31 heavy (non-hydrogen) atoms. The number of amides is 1. The van der Waals surface area contributed by atoms with E-state index in [0.717, 1.165) is 65.5 Å². The summed E-state index contributed by atoms with van der Waals surface area (Å²) >= 11 is 0. The van der Waals surface area contributed by atoms with Crippen LogP contribution in [0.5, 0.6) is 0 Å². The van der Waals surface area contributed by atoms with Gasteiger partial charge in [-0.3, -0.25) is 9.78 Å². The van der Waals surface area contributed by atoms with E-state index in [-0.39, 0.29) is 11.9 Å². The average molecular weight is 415 g/mol. The van der Waals surface area contributed by atoms with Gasteiger partial charge >= 0.3 is 5.97 Å². The maximum Gasteiger partial charge on any atom is 0.339 e. The van der Waals surface area contributed by atoms with Gasteiger partial charge in [0.2, 0.25) is 0 Å². The van der Waals surface area contributed by atoms with Gasteiger partial charge in [-0.05, 0) is 69.2 Å². The van der Waals surface area contributed by atoms with Crippen LogP contribution in [0.25, 0.3) is 10.9 Å². The molecular weight excluding hydrogens is 388 g/mol. The van der Waals surface area contributed by atoms with E-state index in [1.807, 2.05) is 55.5 Å². The van der Waals surface area contributed by atoms with Crippen molar-refractivity contribution in [2.24, 2.45) is 0 Å². The summed E-state index contributed by atoms with van der Waals surface area (Å²) in [5, 5.41) is 0.799. The van der Waals surface area contributed by atoms with E-state index in [4.69, 9.17) is 9.72 Å². The summed E-state index contributed by atoms with van der Waals surface area (Å²) in [5.74, 6) is -0.615. The number of carbonyl (C=O) groups excluding carboxylic acids is 2. The molecule has 158 valence electrons. The number of hydrogen-bond donors (Lipinski definition) is 0. The molecule has 5 heteroatoms. The van der Waals surface area contributed by atoms with Crippen LogP contribution in [-0.4, -0.2) is 29.0 Å². The van der Waals surface area contributed by atoms with Crippen molar-refractivity contribution in [2.75, 3.05) is 4.90 Å². The van der Waals surface area contributed by atoms with E-state index < -0.39 is 12.1 Å². The number of aryl methyl sites for hydroxylation is 1. The number of carbonyl (C=O) groups is 2. The molecule has 0 spiro atoms. The molecule has 1 aromatic heterocycles. The first-order valence-electron chi connectivity index (χ1n) is 11.1. The molecule has 1 aliphatic carbocycles. The van der Waals surface area contributed by atoms with Gasteiger partial charge in [-0.25, -0.2) is 4.79 Å². The smallest absolute Gasteiger partial charge is 0.339 e. The maximum absolute atomic E-state index is 13.4. The van der Waals surface area contributed by atoms with Crippen molar-refractivity contribution in [2.45, 2.75) is 58.1 Å². The summed E-state index contributed by atoms with van der Waals surface area (Å²) in [4.78, 5) is 33.2. The fourth-order valence-electron chi connectivity index (χ4n) is 4.97. The topological polar surface area (TPSA) is 59.5 Å². The Hall–Kier alpha value is -3.21. The Morgan fingerprint density at radius 3 is 2.68 bits per heavy atom. The van der Waals surface area contributed by atoms with E-state index in [9.17, 15) is 9.59 Å². The Kier molecular flexibility index (Phi) is 4.97. The van der Waals surface area contributed by atoms with Gasteiger partial charge in [0.1, 0.15) is 0 Å². The minimum atomic E-state index is -0.868. The molecule has 0 bridgehead atoms. The zero-order valence-corrected chi connectivity index (χ0v) is 17.9. The predicted molar refractivity (Wildman–Crippen MR) is 120 cm³/mol.